The Kier molecular flexibility index (Phi) is 5.65. The average molecular weight is 377 g/mol. The number of furan rings is 1. The molecule has 0 atom stereocenters. The molecule has 0 aliphatic heterocycles. The lowest BCUT2D eigenvalue weighted by molar-refractivity contribution is 0.246. The number of carbonyl (C=O) groups excluding carboxylic acids is 1. The zero-order valence-corrected chi connectivity index (χ0v) is 14.2. The molecule has 7 nitrogen and oxygen atoms in total. The molecule has 26 heavy (non-hydrogen) atoms. The van der Waals surface area contributed by atoms with Gasteiger partial charge in [-0.05, 0) is 36.4 Å². The van der Waals surface area contributed by atoms with Gasteiger partial charge < -0.3 is 19.8 Å². The van der Waals surface area contributed by atoms with Gasteiger partial charge in [0.15, 0.2) is 5.76 Å². The molecule has 0 saturated heterocycles. The number of rotatable bonds is 6. The first-order valence-corrected chi connectivity index (χ1v) is 8.00. The molecule has 1 aromatic carbocycles. The Morgan fingerprint density at radius 3 is 2.81 bits per heavy atom. The molecule has 0 unspecified atom stereocenters. The van der Waals surface area contributed by atoms with Crippen molar-refractivity contribution in [1.82, 2.24) is 15.5 Å². The van der Waals surface area contributed by atoms with Gasteiger partial charge in [-0.25, -0.2) is 9.18 Å². The smallest absolute Gasteiger partial charge is 0.319 e. The van der Waals surface area contributed by atoms with Crippen molar-refractivity contribution in [3.8, 4) is 17.3 Å². The number of nitrogens with one attached hydrogen (secondary N) is 2. The van der Waals surface area contributed by atoms with Crippen LogP contribution in [-0.2, 0) is 0 Å². The lowest BCUT2D eigenvalue weighted by Crippen LogP contribution is -2.32. The van der Waals surface area contributed by atoms with E-state index < -0.39 is 11.8 Å². The van der Waals surface area contributed by atoms with Gasteiger partial charge in [-0.2, -0.15) is 0 Å². The summed E-state index contributed by atoms with van der Waals surface area (Å²) in [5, 5.41) is 13.0. The third-order valence-corrected chi connectivity index (χ3v) is 3.52. The molecule has 3 aromatic rings. The van der Waals surface area contributed by atoms with Crippen LogP contribution in [0.2, 0.25) is 5.02 Å². The molecule has 0 aliphatic carbocycles. The second kappa shape index (κ2) is 8.30. The van der Waals surface area contributed by atoms with Gasteiger partial charge in [0.1, 0.15) is 18.1 Å². The quantitative estimate of drug-likeness (QED) is 0.640. The number of carbonyl (C=O) groups is 1. The SMILES string of the molecule is O=C(NCCOc1ccc(-c2ccco2)nn1)Nc1ccc(F)c(Cl)c1. The first kappa shape index (κ1) is 17.7. The number of anilines is 1. The summed E-state index contributed by atoms with van der Waals surface area (Å²) in [4.78, 5) is 11.7. The molecule has 2 aromatic heterocycles. The highest BCUT2D eigenvalue weighted by Crippen LogP contribution is 2.19. The van der Waals surface area contributed by atoms with Crippen molar-refractivity contribution < 1.29 is 18.3 Å². The molecule has 0 bridgehead atoms. The van der Waals surface area contributed by atoms with Gasteiger partial charge in [0.05, 0.1) is 17.8 Å². The highest BCUT2D eigenvalue weighted by atomic mass is 35.5. The van der Waals surface area contributed by atoms with E-state index in [0.29, 0.717) is 23.0 Å². The second-order valence-corrected chi connectivity index (χ2v) is 5.50. The van der Waals surface area contributed by atoms with Crippen LogP contribution in [0.25, 0.3) is 11.5 Å². The van der Waals surface area contributed by atoms with Crippen molar-refractivity contribution in [3.05, 3.63) is 59.6 Å². The molecule has 0 fully saturated rings. The van der Waals surface area contributed by atoms with Crippen LogP contribution >= 0.6 is 11.6 Å². The Hall–Kier alpha value is -3.13. The number of urea groups is 1. The maximum Gasteiger partial charge on any atom is 0.319 e. The van der Waals surface area contributed by atoms with Crippen LogP contribution in [0.1, 0.15) is 0 Å². The standard InChI is InChI=1S/C17H14ClFN4O3/c18-12-10-11(3-4-13(12)19)21-17(24)20-7-9-26-16-6-5-14(22-23-16)15-2-1-8-25-15/h1-6,8,10H,7,9H2,(H2,20,21,24). The number of ether oxygens (including phenoxy) is 1. The van der Waals surface area contributed by atoms with Gasteiger partial charge in [0, 0.05) is 11.8 Å². The van der Waals surface area contributed by atoms with Gasteiger partial charge in [0.2, 0.25) is 5.88 Å². The average Bonchev–Trinajstić information content (AvgIpc) is 3.17. The van der Waals surface area contributed by atoms with Crippen LogP contribution < -0.4 is 15.4 Å². The summed E-state index contributed by atoms with van der Waals surface area (Å²) in [7, 11) is 0. The number of benzene rings is 1. The molecule has 0 aliphatic rings. The predicted octanol–water partition coefficient (Wildman–Crippen LogP) is 3.73. The van der Waals surface area contributed by atoms with Crippen molar-refractivity contribution in [2.45, 2.75) is 0 Å². The topological polar surface area (TPSA) is 89.3 Å². The van der Waals surface area contributed by atoms with Gasteiger partial charge in [0.25, 0.3) is 0 Å². The molecule has 3 rings (SSSR count). The third-order valence-electron chi connectivity index (χ3n) is 3.23. The van der Waals surface area contributed by atoms with Gasteiger partial charge >= 0.3 is 6.03 Å². The second-order valence-electron chi connectivity index (χ2n) is 5.09. The third kappa shape index (κ3) is 4.70. The number of nitrogens with zero attached hydrogens (tertiary/aromatic N) is 2. The minimum atomic E-state index is -0.551. The highest BCUT2D eigenvalue weighted by Gasteiger charge is 2.06. The normalized spacial score (nSPS) is 10.4. The van der Waals surface area contributed by atoms with E-state index in [1.165, 1.54) is 18.2 Å². The molecular formula is C17H14ClFN4O3. The zero-order chi connectivity index (χ0) is 18.4. The first-order valence-electron chi connectivity index (χ1n) is 7.62. The van der Waals surface area contributed by atoms with Crippen molar-refractivity contribution in [2.24, 2.45) is 0 Å². The van der Waals surface area contributed by atoms with Crippen LogP contribution in [0, 0.1) is 5.82 Å². The Labute approximate surface area is 153 Å². The van der Waals surface area contributed by atoms with Crippen LogP contribution in [0.5, 0.6) is 5.88 Å². The molecule has 134 valence electrons. The van der Waals surface area contributed by atoms with Gasteiger partial charge in [-0.1, -0.05) is 11.6 Å². The molecule has 2 heterocycles. The summed E-state index contributed by atoms with van der Waals surface area (Å²) in [6.45, 7) is 0.439. The Morgan fingerprint density at radius 2 is 2.12 bits per heavy atom. The lowest BCUT2D eigenvalue weighted by Gasteiger charge is -2.09. The fourth-order valence-corrected chi connectivity index (χ4v) is 2.20. The number of halogens is 2. The summed E-state index contributed by atoms with van der Waals surface area (Å²) < 4.78 is 23.7. The van der Waals surface area contributed by atoms with E-state index >= 15 is 0 Å². The summed E-state index contributed by atoms with van der Waals surface area (Å²) in [5.41, 5.74) is 0.979. The Balaban J connectivity index is 1.40. The van der Waals surface area contributed by atoms with Crippen LogP contribution in [0.15, 0.2) is 53.1 Å². The molecule has 2 N–H and O–H groups in total. The van der Waals surface area contributed by atoms with Gasteiger partial charge in [-0.3, -0.25) is 0 Å². The minimum Gasteiger partial charge on any atom is -0.475 e. The van der Waals surface area contributed by atoms with Crippen LogP contribution in [0.4, 0.5) is 14.9 Å². The molecule has 2 amide bonds. The van der Waals surface area contributed by atoms with E-state index in [2.05, 4.69) is 20.8 Å². The Bertz CT molecular complexity index is 872. The zero-order valence-electron chi connectivity index (χ0n) is 13.4. The number of hydrogen-bond acceptors (Lipinski definition) is 5. The molecular weight excluding hydrogens is 363 g/mol. The van der Waals surface area contributed by atoms with Crippen LogP contribution in [0.3, 0.4) is 0 Å². The highest BCUT2D eigenvalue weighted by molar-refractivity contribution is 6.31. The first-order chi connectivity index (χ1) is 12.6. The van der Waals surface area contributed by atoms with Crippen molar-refractivity contribution in [3.63, 3.8) is 0 Å². The maximum atomic E-state index is 13.1. The van der Waals surface area contributed by atoms with E-state index in [1.54, 1.807) is 30.5 Å². The molecule has 0 radical (unpaired) electrons. The van der Waals surface area contributed by atoms with Crippen molar-refractivity contribution in [2.75, 3.05) is 18.5 Å². The maximum absolute atomic E-state index is 13.1. The fraction of sp³-hybridized carbons (Fsp3) is 0.118. The fourth-order valence-electron chi connectivity index (χ4n) is 2.02. The molecule has 0 spiro atoms. The molecule has 0 saturated carbocycles. The monoisotopic (exact) mass is 376 g/mol. The summed E-state index contributed by atoms with van der Waals surface area (Å²) >= 11 is 5.65. The van der Waals surface area contributed by atoms with E-state index in [1.807, 2.05) is 0 Å². The van der Waals surface area contributed by atoms with E-state index in [0.717, 1.165) is 0 Å². The van der Waals surface area contributed by atoms with E-state index in [-0.39, 0.29) is 18.2 Å². The summed E-state index contributed by atoms with van der Waals surface area (Å²) in [6, 6.07) is 10.4. The van der Waals surface area contributed by atoms with Crippen molar-refractivity contribution >= 4 is 23.3 Å². The summed E-state index contributed by atoms with van der Waals surface area (Å²) in [5.74, 6) is 0.390. The largest absolute Gasteiger partial charge is 0.475 e. The lowest BCUT2D eigenvalue weighted by atomic mass is 10.3. The number of aromatic nitrogens is 2. The number of amides is 2. The predicted molar refractivity (Wildman–Crippen MR) is 93.7 cm³/mol. The summed E-state index contributed by atoms with van der Waals surface area (Å²) in [6.07, 6.45) is 1.55. The van der Waals surface area contributed by atoms with Crippen molar-refractivity contribution in [1.29, 1.82) is 0 Å². The van der Waals surface area contributed by atoms with E-state index in [4.69, 9.17) is 20.8 Å². The molecule has 9 heteroatoms. The van der Waals surface area contributed by atoms with E-state index in [9.17, 15) is 9.18 Å². The van der Waals surface area contributed by atoms with Gasteiger partial charge in [-0.15, -0.1) is 10.2 Å². The Morgan fingerprint density at radius 1 is 1.23 bits per heavy atom. The minimum absolute atomic E-state index is 0.0669. The van der Waals surface area contributed by atoms with Crippen LogP contribution in [-0.4, -0.2) is 29.4 Å². The number of hydrogen-bond donors (Lipinski definition) is 2.